The molecular formula is C16H11FN2O2. The molecule has 4 nitrogen and oxygen atoms in total. The van der Waals surface area contributed by atoms with Crippen LogP contribution >= 0.6 is 0 Å². The molecule has 1 N–H and O–H groups in total. The Hall–Kier alpha value is -2.95. The summed E-state index contributed by atoms with van der Waals surface area (Å²) in [5, 5.41) is 2.61. The Bertz CT molecular complexity index is 774. The largest absolute Gasteiger partial charge is 0.437 e. The van der Waals surface area contributed by atoms with Gasteiger partial charge >= 0.3 is 0 Å². The van der Waals surface area contributed by atoms with Crippen LogP contribution in [0, 0.1) is 5.82 Å². The van der Waals surface area contributed by atoms with Crippen LogP contribution in [0.15, 0.2) is 59.0 Å². The molecule has 1 amide bonds. The second-order valence-corrected chi connectivity index (χ2v) is 4.35. The highest BCUT2D eigenvalue weighted by Gasteiger charge is 2.03. The number of amides is 1. The van der Waals surface area contributed by atoms with E-state index in [0.717, 1.165) is 5.52 Å². The number of carbonyl (C=O) groups excluding carboxylic acids is 1. The highest BCUT2D eigenvalue weighted by molar-refractivity contribution is 6.01. The Morgan fingerprint density at radius 3 is 2.67 bits per heavy atom. The molecule has 0 atom stereocenters. The molecule has 0 saturated heterocycles. The number of anilines is 1. The summed E-state index contributed by atoms with van der Waals surface area (Å²) in [5.41, 5.74) is 1.91. The van der Waals surface area contributed by atoms with Gasteiger partial charge < -0.3 is 9.73 Å². The van der Waals surface area contributed by atoms with Gasteiger partial charge in [-0.2, -0.15) is 0 Å². The molecule has 0 aliphatic heterocycles. The van der Waals surface area contributed by atoms with Gasteiger partial charge in [-0.15, -0.1) is 0 Å². The van der Waals surface area contributed by atoms with Crippen LogP contribution in [0.4, 0.5) is 10.1 Å². The molecule has 0 fully saturated rings. The number of rotatable bonds is 3. The summed E-state index contributed by atoms with van der Waals surface area (Å²) in [6, 6.07) is 12.9. The zero-order valence-electron chi connectivity index (χ0n) is 10.9. The fourth-order valence-corrected chi connectivity index (χ4v) is 1.83. The molecule has 0 bridgehead atoms. The summed E-state index contributed by atoms with van der Waals surface area (Å²) in [6.45, 7) is 0. The van der Waals surface area contributed by atoms with Gasteiger partial charge in [0.2, 0.25) is 11.8 Å². The van der Waals surface area contributed by atoms with Gasteiger partial charge in [0.15, 0.2) is 5.58 Å². The Balaban J connectivity index is 1.70. The maximum Gasteiger partial charge on any atom is 0.248 e. The van der Waals surface area contributed by atoms with Gasteiger partial charge in [0.1, 0.15) is 11.3 Å². The van der Waals surface area contributed by atoms with Crippen molar-refractivity contribution in [1.29, 1.82) is 0 Å². The van der Waals surface area contributed by atoms with Crippen molar-refractivity contribution in [3.8, 4) is 0 Å². The molecule has 0 saturated carbocycles. The van der Waals surface area contributed by atoms with E-state index in [9.17, 15) is 9.18 Å². The summed E-state index contributed by atoms with van der Waals surface area (Å²) in [6.07, 6.45) is 2.80. The van der Waals surface area contributed by atoms with Crippen LogP contribution in [0.1, 0.15) is 5.89 Å². The van der Waals surface area contributed by atoms with Crippen LogP contribution in [0.3, 0.4) is 0 Å². The normalized spacial score (nSPS) is 11.1. The maximum absolute atomic E-state index is 12.7. The number of nitrogens with one attached hydrogen (secondary N) is 1. The van der Waals surface area contributed by atoms with Gasteiger partial charge in [0.25, 0.3) is 0 Å². The van der Waals surface area contributed by atoms with Gasteiger partial charge in [-0.3, -0.25) is 4.79 Å². The van der Waals surface area contributed by atoms with E-state index < -0.39 is 0 Å². The monoisotopic (exact) mass is 282 g/mol. The molecule has 3 aromatic rings. The van der Waals surface area contributed by atoms with Gasteiger partial charge in [-0.05, 0) is 36.4 Å². The maximum atomic E-state index is 12.7. The first-order valence-corrected chi connectivity index (χ1v) is 6.31. The number of para-hydroxylation sites is 2. The number of fused-ring (bicyclic) bond motifs is 1. The van der Waals surface area contributed by atoms with Crippen LogP contribution < -0.4 is 5.32 Å². The molecule has 104 valence electrons. The number of nitrogens with zero attached hydrogens (tertiary/aromatic N) is 1. The van der Waals surface area contributed by atoms with Crippen molar-refractivity contribution in [2.75, 3.05) is 5.32 Å². The molecule has 1 aromatic heterocycles. The minimum Gasteiger partial charge on any atom is -0.437 e. The standard InChI is InChI=1S/C16H11FN2O2/c17-11-5-7-12(8-6-11)18-15(20)9-10-16-19-13-3-1-2-4-14(13)21-16/h1-10H,(H,18,20)/b10-9+. The van der Waals surface area contributed by atoms with E-state index in [1.807, 2.05) is 18.2 Å². The van der Waals surface area contributed by atoms with E-state index in [1.165, 1.54) is 36.4 Å². The van der Waals surface area contributed by atoms with Crippen LogP contribution in [0.5, 0.6) is 0 Å². The lowest BCUT2D eigenvalue weighted by atomic mass is 10.3. The number of halogens is 1. The summed E-state index contributed by atoms with van der Waals surface area (Å²) >= 11 is 0. The second kappa shape index (κ2) is 5.58. The van der Waals surface area contributed by atoms with Crippen molar-refractivity contribution < 1.29 is 13.6 Å². The van der Waals surface area contributed by atoms with Crippen molar-refractivity contribution in [2.45, 2.75) is 0 Å². The number of aromatic nitrogens is 1. The molecule has 2 aromatic carbocycles. The van der Waals surface area contributed by atoms with Crippen molar-refractivity contribution >= 4 is 28.8 Å². The minimum atomic E-state index is -0.352. The molecule has 1 heterocycles. The summed E-state index contributed by atoms with van der Waals surface area (Å²) in [7, 11) is 0. The van der Waals surface area contributed by atoms with Crippen molar-refractivity contribution in [3.05, 3.63) is 66.3 Å². The molecule has 0 unspecified atom stereocenters. The molecule has 3 rings (SSSR count). The van der Waals surface area contributed by atoms with Gasteiger partial charge in [-0.25, -0.2) is 9.37 Å². The fraction of sp³-hybridized carbons (Fsp3) is 0. The number of hydrogen-bond acceptors (Lipinski definition) is 3. The molecule has 0 radical (unpaired) electrons. The van der Waals surface area contributed by atoms with Crippen LogP contribution in [0.25, 0.3) is 17.2 Å². The summed E-state index contributed by atoms with van der Waals surface area (Å²) in [5.74, 6) is -0.343. The number of oxazole rings is 1. The Labute approximate surface area is 119 Å². The van der Waals surface area contributed by atoms with Gasteiger partial charge in [-0.1, -0.05) is 12.1 Å². The van der Waals surface area contributed by atoms with Crippen molar-refractivity contribution in [2.24, 2.45) is 0 Å². The van der Waals surface area contributed by atoms with Crippen molar-refractivity contribution in [1.82, 2.24) is 4.98 Å². The lowest BCUT2D eigenvalue weighted by molar-refractivity contribution is -0.111. The van der Waals surface area contributed by atoms with Gasteiger partial charge in [0, 0.05) is 17.8 Å². The third-order valence-corrected chi connectivity index (χ3v) is 2.80. The van der Waals surface area contributed by atoms with E-state index in [-0.39, 0.29) is 11.7 Å². The zero-order valence-corrected chi connectivity index (χ0v) is 10.9. The van der Waals surface area contributed by atoms with E-state index in [1.54, 1.807) is 6.07 Å². The third-order valence-electron chi connectivity index (χ3n) is 2.80. The molecule has 21 heavy (non-hydrogen) atoms. The smallest absolute Gasteiger partial charge is 0.248 e. The van der Waals surface area contributed by atoms with E-state index in [2.05, 4.69) is 10.3 Å². The molecular weight excluding hydrogens is 271 g/mol. The predicted octanol–water partition coefficient (Wildman–Crippen LogP) is 3.62. The minimum absolute atomic E-state index is 0.344. The highest BCUT2D eigenvalue weighted by atomic mass is 19.1. The summed E-state index contributed by atoms with van der Waals surface area (Å²) in [4.78, 5) is 15.9. The highest BCUT2D eigenvalue weighted by Crippen LogP contribution is 2.15. The first-order chi connectivity index (χ1) is 10.2. The second-order valence-electron chi connectivity index (χ2n) is 4.35. The van der Waals surface area contributed by atoms with Crippen LogP contribution in [-0.4, -0.2) is 10.9 Å². The van der Waals surface area contributed by atoms with Gasteiger partial charge in [0.05, 0.1) is 0 Å². The molecule has 5 heteroatoms. The first kappa shape index (κ1) is 13.1. The zero-order chi connectivity index (χ0) is 14.7. The van der Waals surface area contributed by atoms with Crippen LogP contribution in [0.2, 0.25) is 0 Å². The molecule has 0 spiro atoms. The third kappa shape index (κ3) is 3.14. The van der Waals surface area contributed by atoms with Crippen molar-refractivity contribution in [3.63, 3.8) is 0 Å². The quantitative estimate of drug-likeness (QED) is 0.746. The number of benzene rings is 2. The van der Waals surface area contributed by atoms with Crippen LogP contribution in [-0.2, 0) is 4.79 Å². The number of hydrogen-bond donors (Lipinski definition) is 1. The number of carbonyl (C=O) groups is 1. The fourth-order valence-electron chi connectivity index (χ4n) is 1.83. The Kier molecular flexibility index (Phi) is 3.47. The molecule has 0 aliphatic carbocycles. The summed E-state index contributed by atoms with van der Waals surface area (Å²) < 4.78 is 18.2. The predicted molar refractivity (Wildman–Crippen MR) is 78.1 cm³/mol. The average Bonchev–Trinajstić information content (AvgIpc) is 2.90. The van der Waals surface area contributed by atoms with E-state index in [0.29, 0.717) is 17.2 Å². The average molecular weight is 282 g/mol. The lowest BCUT2D eigenvalue weighted by Gasteiger charge is -2.00. The molecule has 0 aliphatic rings. The first-order valence-electron chi connectivity index (χ1n) is 6.31. The SMILES string of the molecule is O=C(/C=C/c1nc2ccccc2o1)Nc1ccc(F)cc1. The Morgan fingerprint density at radius 1 is 1.14 bits per heavy atom. The Morgan fingerprint density at radius 2 is 1.90 bits per heavy atom. The topological polar surface area (TPSA) is 55.1 Å². The van der Waals surface area contributed by atoms with E-state index in [4.69, 9.17) is 4.42 Å². The lowest BCUT2D eigenvalue weighted by Crippen LogP contribution is -2.07. The van der Waals surface area contributed by atoms with E-state index >= 15 is 0 Å².